The zero-order valence-corrected chi connectivity index (χ0v) is 19.3. The fourth-order valence-electron chi connectivity index (χ4n) is 5.32. The zero-order valence-electron chi connectivity index (χ0n) is 18.5. The van der Waals surface area contributed by atoms with Gasteiger partial charge >= 0.3 is 0 Å². The van der Waals surface area contributed by atoms with Gasteiger partial charge in [0.1, 0.15) is 11.9 Å². The molecule has 1 aromatic rings. The molecule has 2 aliphatic heterocycles. The van der Waals surface area contributed by atoms with E-state index < -0.39 is 16.1 Å². The van der Waals surface area contributed by atoms with Gasteiger partial charge in [0.25, 0.3) is 0 Å². The summed E-state index contributed by atoms with van der Waals surface area (Å²) < 4.78 is 39.3. The molecule has 1 amide bonds. The number of likely N-dealkylation sites (N-methyl/N-ethyl adjacent to an activating group) is 1. The highest BCUT2D eigenvalue weighted by Crippen LogP contribution is 2.32. The Bertz CT molecular complexity index is 923. The summed E-state index contributed by atoms with van der Waals surface area (Å²) in [5.74, 6) is -0.333. The fourth-order valence-corrected chi connectivity index (χ4v) is 6.04. The average Bonchev–Trinajstić information content (AvgIpc) is 3.38. The van der Waals surface area contributed by atoms with Gasteiger partial charge in [0.15, 0.2) is 0 Å². The van der Waals surface area contributed by atoms with Crippen LogP contribution in [0.5, 0.6) is 0 Å². The summed E-state index contributed by atoms with van der Waals surface area (Å²) in [4.78, 5) is 15.3. The molecule has 1 unspecified atom stereocenters. The lowest BCUT2D eigenvalue weighted by atomic mass is 9.90. The highest BCUT2D eigenvalue weighted by atomic mass is 32.2. The van der Waals surface area contributed by atoms with Gasteiger partial charge in [-0.25, -0.2) is 17.1 Å². The summed E-state index contributed by atoms with van der Waals surface area (Å²) in [5, 5.41) is 6.40. The molecule has 31 heavy (non-hydrogen) atoms. The van der Waals surface area contributed by atoms with E-state index in [9.17, 15) is 17.6 Å². The van der Waals surface area contributed by atoms with E-state index in [1.807, 2.05) is 6.92 Å². The van der Waals surface area contributed by atoms with Crippen LogP contribution >= 0.6 is 0 Å². The topological polar surface area (TPSA) is 81.8 Å². The minimum atomic E-state index is -3.19. The normalized spacial score (nSPS) is 29.1. The van der Waals surface area contributed by atoms with Crippen molar-refractivity contribution >= 4 is 21.6 Å². The van der Waals surface area contributed by atoms with Gasteiger partial charge in [0.2, 0.25) is 15.9 Å². The third-order valence-electron chi connectivity index (χ3n) is 7.25. The Balaban J connectivity index is 1.32. The standard InChI is InChI=1S/C22H33FN4O3S/c1-14-7-8-19(23)18-12-20(25-21(14)18)22(28)24-15-5-4-6-16(11-15)27-10-9-17(13-27)26(2)31(3,29)30/h7-8,15-17,20,25H,4-6,9-13H2,1-3H3,(H,24,28)/t15-,16-,17+,20?/m1/s1. The largest absolute Gasteiger partial charge is 0.373 e. The predicted molar refractivity (Wildman–Crippen MR) is 119 cm³/mol. The van der Waals surface area contributed by atoms with E-state index in [-0.39, 0.29) is 23.8 Å². The highest BCUT2D eigenvalue weighted by Gasteiger charge is 2.37. The molecule has 4 rings (SSSR count). The van der Waals surface area contributed by atoms with Crippen molar-refractivity contribution in [1.29, 1.82) is 0 Å². The molecule has 0 spiro atoms. The number of halogens is 1. The number of sulfonamides is 1. The molecule has 1 aliphatic carbocycles. The number of rotatable bonds is 5. The lowest BCUT2D eigenvalue weighted by Gasteiger charge is -2.36. The highest BCUT2D eigenvalue weighted by molar-refractivity contribution is 7.88. The number of amides is 1. The van der Waals surface area contributed by atoms with Crippen molar-refractivity contribution in [1.82, 2.24) is 14.5 Å². The number of benzene rings is 1. The molecule has 1 saturated carbocycles. The van der Waals surface area contributed by atoms with Crippen molar-refractivity contribution < 1.29 is 17.6 Å². The minimum Gasteiger partial charge on any atom is -0.373 e. The first kappa shape index (κ1) is 22.5. The van der Waals surface area contributed by atoms with Gasteiger partial charge in [0.05, 0.1) is 6.26 Å². The lowest BCUT2D eigenvalue weighted by molar-refractivity contribution is -0.122. The van der Waals surface area contributed by atoms with E-state index in [2.05, 4.69) is 15.5 Å². The van der Waals surface area contributed by atoms with Crippen LogP contribution in [0.1, 0.15) is 43.2 Å². The van der Waals surface area contributed by atoms with Crippen LogP contribution in [0.2, 0.25) is 0 Å². The number of hydrogen-bond donors (Lipinski definition) is 2. The SMILES string of the molecule is Cc1ccc(F)c2c1NC(C(=O)N[C@@H]1CCC[C@@H](N3CC[C@H](N(C)S(C)(=O)=O)C3)C1)C2. The van der Waals surface area contributed by atoms with E-state index in [4.69, 9.17) is 0 Å². The Labute approximate surface area is 184 Å². The fraction of sp³-hybridized carbons (Fsp3) is 0.682. The Kier molecular flexibility index (Phi) is 6.29. The van der Waals surface area contributed by atoms with Crippen molar-refractivity contribution in [3.63, 3.8) is 0 Å². The quantitative estimate of drug-likeness (QED) is 0.713. The molecule has 0 bridgehead atoms. The Morgan fingerprint density at radius 3 is 2.77 bits per heavy atom. The van der Waals surface area contributed by atoms with Crippen LogP contribution in [0.25, 0.3) is 0 Å². The molecule has 1 saturated heterocycles. The molecule has 0 radical (unpaired) electrons. The van der Waals surface area contributed by atoms with Crippen LogP contribution < -0.4 is 10.6 Å². The van der Waals surface area contributed by atoms with Gasteiger partial charge in [0, 0.05) is 55.9 Å². The van der Waals surface area contributed by atoms with Gasteiger partial charge in [-0.3, -0.25) is 9.69 Å². The molecular weight excluding hydrogens is 419 g/mol. The van der Waals surface area contributed by atoms with Crippen LogP contribution in [0.15, 0.2) is 12.1 Å². The van der Waals surface area contributed by atoms with Gasteiger partial charge < -0.3 is 10.6 Å². The number of anilines is 1. The van der Waals surface area contributed by atoms with Crippen molar-refractivity contribution in [2.45, 2.75) is 69.6 Å². The number of nitrogens with zero attached hydrogens (tertiary/aromatic N) is 2. The van der Waals surface area contributed by atoms with Crippen LogP contribution in [-0.4, -0.2) is 74.1 Å². The molecule has 3 aliphatic rings. The Morgan fingerprint density at radius 2 is 2.06 bits per heavy atom. The van der Waals surface area contributed by atoms with E-state index in [1.165, 1.54) is 16.6 Å². The smallest absolute Gasteiger partial charge is 0.243 e. The monoisotopic (exact) mass is 452 g/mol. The summed E-state index contributed by atoms with van der Waals surface area (Å²) >= 11 is 0. The number of aryl methyl sites for hydroxylation is 1. The van der Waals surface area contributed by atoms with Gasteiger partial charge in [-0.2, -0.15) is 0 Å². The van der Waals surface area contributed by atoms with E-state index >= 15 is 0 Å². The molecule has 2 heterocycles. The van der Waals surface area contributed by atoms with Crippen LogP contribution in [-0.2, 0) is 21.2 Å². The summed E-state index contributed by atoms with van der Waals surface area (Å²) in [6.07, 6.45) is 6.38. The molecule has 0 aromatic heterocycles. The van der Waals surface area contributed by atoms with E-state index in [0.29, 0.717) is 18.0 Å². The number of hydrogen-bond acceptors (Lipinski definition) is 5. The molecule has 1 aromatic carbocycles. The third-order valence-corrected chi connectivity index (χ3v) is 8.59. The lowest BCUT2D eigenvalue weighted by Crippen LogP contribution is -2.49. The predicted octanol–water partition coefficient (Wildman–Crippen LogP) is 1.86. The number of fused-ring (bicyclic) bond motifs is 1. The molecule has 4 atom stereocenters. The zero-order chi connectivity index (χ0) is 22.3. The van der Waals surface area contributed by atoms with Crippen molar-refractivity contribution in [2.24, 2.45) is 0 Å². The minimum absolute atomic E-state index is 0.0179. The van der Waals surface area contributed by atoms with Gasteiger partial charge in [-0.1, -0.05) is 6.07 Å². The second-order valence-corrected chi connectivity index (χ2v) is 11.4. The Morgan fingerprint density at radius 1 is 1.29 bits per heavy atom. The number of carbonyl (C=O) groups is 1. The summed E-state index contributed by atoms with van der Waals surface area (Å²) in [5.41, 5.74) is 2.30. The van der Waals surface area contributed by atoms with E-state index in [0.717, 1.165) is 56.4 Å². The van der Waals surface area contributed by atoms with E-state index in [1.54, 1.807) is 13.1 Å². The third kappa shape index (κ3) is 4.73. The maximum Gasteiger partial charge on any atom is 0.243 e. The second-order valence-electron chi connectivity index (χ2n) is 9.36. The van der Waals surface area contributed by atoms with Crippen LogP contribution in [0.4, 0.5) is 10.1 Å². The summed E-state index contributed by atoms with van der Waals surface area (Å²) in [6, 6.07) is 3.22. The van der Waals surface area contributed by atoms with Gasteiger partial charge in [-0.05, 0) is 50.7 Å². The number of nitrogens with one attached hydrogen (secondary N) is 2. The van der Waals surface area contributed by atoms with Crippen molar-refractivity contribution in [3.8, 4) is 0 Å². The first-order valence-electron chi connectivity index (χ1n) is 11.2. The van der Waals surface area contributed by atoms with Crippen LogP contribution in [0, 0.1) is 12.7 Å². The van der Waals surface area contributed by atoms with Crippen molar-refractivity contribution in [3.05, 3.63) is 29.1 Å². The molecule has 9 heteroatoms. The molecule has 172 valence electrons. The summed E-state index contributed by atoms with van der Waals surface area (Å²) in [7, 11) is -1.53. The molecular formula is C22H33FN4O3S. The Hall–Kier alpha value is -1.71. The molecule has 2 N–H and O–H groups in total. The maximum atomic E-state index is 14.1. The van der Waals surface area contributed by atoms with Crippen LogP contribution in [0.3, 0.4) is 0 Å². The maximum absolute atomic E-state index is 14.1. The summed E-state index contributed by atoms with van der Waals surface area (Å²) in [6.45, 7) is 3.54. The number of likely N-dealkylation sites (tertiary alicyclic amines) is 1. The van der Waals surface area contributed by atoms with Crippen molar-refractivity contribution in [2.75, 3.05) is 31.7 Å². The number of carbonyl (C=O) groups excluding carboxylic acids is 1. The molecule has 2 fully saturated rings. The molecule has 7 nitrogen and oxygen atoms in total. The first-order chi connectivity index (χ1) is 14.6. The van der Waals surface area contributed by atoms with Gasteiger partial charge in [-0.15, -0.1) is 0 Å². The second kappa shape index (κ2) is 8.67. The average molecular weight is 453 g/mol. The first-order valence-corrected chi connectivity index (χ1v) is 13.0.